The van der Waals surface area contributed by atoms with E-state index in [1.807, 2.05) is 6.07 Å². The monoisotopic (exact) mass is 611 g/mol. The highest BCUT2D eigenvalue weighted by molar-refractivity contribution is 6.21. The van der Waals surface area contributed by atoms with Gasteiger partial charge in [0, 0.05) is 60.8 Å². The molecule has 2 aromatic carbocycles. The topological polar surface area (TPSA) is 52.6 Å². The van der Waals surface area contributed by atoms with Crippen LogP contribution in [0.3, 0.4) is 0 Å². The van der Waals surface area contributed by atoms with Gasteiger partial charge in [-0.05, 0) is 111 Å². The first kappa shape index (κ1) is 34.2. The second kappa shape index (κ2) is 13.0. The normalized spacial score (nSPS) is 14.6. The number of anilines is 2. The van der Waals surface area contributed by atoms with Crippen LogP contribution in [0.5, 0.6) is 0 Å². The van der Waals surface area contributed by atoms with E-state index in [-0.39, 0.29) is 21.4 Å². The number of allylic oxidation sites excluding steroid dienone is 5. The van der Waals surface area contributed by atoms with Crippen LogP contribution in [-0.4, -0.2) is 54.5 Å². The summed E-state index contributed by atoms with van der Waals surface area (Å²) < 4.78 is 2.44. The molecule has 45 heavy (non-hydrogen) atoms. The van der Waals surface area contributed by atoms with Gasteiger partial charge in [0.2, 0.25) is 5.71 Å². The maximum absolute atomic E-state index is 12.8. The number of benzene rings is 2. The van der Waals surface area contributed by atoms with E-state index < -0.39 is 0 Å². The van der Waals surface area contributed by atoms with Gasteiger partial charge in [-0.15, -0.1) is 0 Å². The lowest BCUT2D eigenvalue weighted by Gasteiger charge is -2.31. The van der Waals surface area contributed by atoms with E-state index in [1.165, 1.54) is 22.5 Å². The van der Waals surface area contributed by atoms with Crippen LogP contribution in [0.2, 0.25) is 0 Å². The first-order valence-electron chi connectivity index (χ1n) is 16.9. The minimum absolute atomic E-state index is 0.117. The summed E-state index contributed by atoms with van der Waals surface area (Å²) in [7, 11) is 0. The number of fused-ring (bicyclic) bond motifs is 3. The fourth-order valence-electron chi connectivity index (χ4n) is 6.99. The lowest BCUT2D eigenvalue weighted by atomic mass is 9.77. The Balaban J connectivity index is 2.21. The predicted molar refractivity (Wildman–Crippen MR) is 193 cm³/mol. The summed E-state index contributed by atoms with van der Waals surface area (Å²) in [5.74, 6) is 0. The minimum atomic E-state index is -0.198. The quantitative estimate of drug-likeness (QED) is 0.153. The van der Waals surface area contributed by atoms with E-state index in [1.54, 1.807) is 6.07 Å². The molecule has 0 aliphatic heterocycles. The van der Waals surface area contributed by atoms with Crippen molar-refractivity contribution in [3.63, 3.8) is 0 Å². The molecular weight excluding hydrogens is 556 g/mol. The Morgan fingerprint density at radius 1 is 0.711 bits per heavy atom. The van der Waals surface area contributed by atoms with E-state index in [9.17, 15) is 10.1 Å². The van der Waals surface area contributed by atoms with Gasteiger partial charge in [-0.1, -0.05) is 41.5 Å². The summed E-state index contributed by atoms with van der Waals surface area (Å²) in [6.07, 6.45) is 4.71. The molecule has 2 aliphatic rings. The summed E-state index contributed by atoms with van der Waals surface area (Å²) >= 11 is 0. The second-order valence-electron chi connectivity index (χ2n) is 14.2. The van der Waals surface area contributed by atoms with Crippen LogP contribution < -0.4 is 9.80 Å². The van der Waals surface area contributed by atoms with Crippen LogP contribution in [0, 0.1) is 15.5 Å². The Morgan fingerprint density at radius 2 is 1.31 bits per heavy atom. The Bertz CT molecular complexity index is 1590. The number of nitro groups is 1. The lowest BCUT2D eigenvalue weighted by Crippen LogP contribution is -2.29. The van der Waals surface area contributed by atoms with Crippen molar-refractivity contribution < 1.29 is 9.50 Å². The smallest absolute Gasteiger partial charge is 0.279 e. The van der Waals surface area contributed by atoms with Crippen molar-refractivity contribution in [2.24, 2.45) is 5.41 Å². The van der Waals surface area contributed by atoms with Gasteiger partial charge in [0.15, 0.2) is 0 Å². The number of hydrogen-bond acceptors (Lipinski definition) is 4. The first-order valence-corrected chi connectivity index (χ1v) is 16.9. The molecule has 0 amide bonds. The van der Waals surface area contributed by atoms with Crippen LogP contribution in [0.15, 0.2) is 53.6 Å². The summed E-state index contributed by atoms with van der Waals surface area (Å²) in [6.45, 7) is 31.8. The molecule has 2 aromatic rings. The molecule has 2 aliphatic carbocycles. The second-order valence-corrected chi connectivity index (χ2v) is 14.2. The zero-order valence-corrected chi connectivity index (χ0v) is 29.9. The number of nitrogens with zero attached hydrogens (tertiary/aromatic N) is 4. The SMILES string of the molecule is CCN(CC)c1ccc(C2=C3C=C(C(C)(C)C)C(=[N+](CC)CC)C=C3c3cc(N(CC)CC)c(C(C)(C)C)cc32)c([N+](=O)[O-])c1. The van der Waals surface area contributed by atoms with Gasteiger partial charge in [-0.3, -0.25) is 10.1 Å². The maximum atomic E-state index is 12.8. The largest absolute Gasteiger partial charge is 0.372 e. The zero-order chi connectivity index (χ0) is 33.4. The molecule has 0 heterocycles. The third-order valence-electron chi connectivity index (χ3n) is 9.50. The Kier molecular flexibility index (Phi) is 9.87. The molecule has 6 heteroatoms. The van der Waals surface area contributed by atoms with Gasteiger partial charge >= 0.3 is 0 Å². The average Bonchev–Trinajstić information content (AvgIpc) is 3.29. The molecular formula is C39H55N4O2+. The van der Waals surface area contributed by atoms with Crippen molar-refractivity contribution in [2.45, 2.75) is 88.5 Å². The van der Waals surface area contributed by atoms with Gasteiger partial charge in [0.1, 0.15) is 13.1 Å². The Labute approximate surface area is 272 Å². The fourth-order valence-corrected chi connectivity index (χ4v) is 6.99. The van der Waals surface area contributed by atoms with Crippen LogP contribution in [0.1, 0.15) is 105 Å². The van der Waals surface area contributed by atoms with E-state index >= 15 is 0 Å². The van der Waals surface area contributed by atoms with Crippen molar-refractivity contribution in [2.75, 3.05) is 49.1 Å². The molecule has 0 saturated heterocycles. The van der Waals surface area contributed by atoms with Crippen LogP contribution in [0.4, 0.5) is 17.1 Å². The van der Waals surface area contributed by atoms with Crippen molar-refractivity contribution in [3.8, 4) is 0 Å². The molecule has 0 fully saturated rings. The van der Waals surface area contributed by atoms with Gasteiger partial charge in [-0.2, -0.15) is 0 Å². The van der Waals surface area contributed by atoms with Crippen LogP contribution in [-0.2, 0) is 5.41 Å². The standard InChI is InChI=1S/C39H55N4O2/c1-13-40(14-2)26-19-20-27(34(21-26)43(44)45)37-30-22-32(38(7,8)9)35(41(15-3)16-4)24-28(30)29-25-36(42(17-5)18-6)33(23-31(29)37)39(10,11)12/h19-25H,13-18H2,1-12H3/q+1. The van der Waals surface area contributed by atoms with Gasteiger partial charge in [0.25, 0.3) is 5.69 Å². The molecule has 0 aromatic heterocycles. The molecule has 0 radical (unpaired) electrons. The van der Waals surface area contributed by atoms with Gasteiger partial charge < -0.3 is 9.80 Å². The summed E-state index contributed by atoms with van der Waals surface area (Å²) in [5, 5.41) is 12.8. The Hall–Kier alpha value is -3.67. The van der Waals surface area contributed by atoms with E-state index in [0.717, 1.165) is 72.8 Å². The van der Waals surface area contributed by atoms with Crippen LogP contribution in [0.25, 0.3) is 11.1 Å². The zero-order valence-electron chi connectivity index (χ0n) is 29.9. The Morgan fingerprint density at radius 3 is 1.80 bits per heavy atom. The summed E-state index contributed by atoms with van der Waals surface area (Å²) in [4.78, 5) is 17.2. The molecule has 6 nitrogen and oxygen atoms in total. The summed E-state index contributed by atoms with van der Waals surface area (Å²) in [6, 6.07) is 10.5. The molecule has 0 atom stereocenters. The highest BCUT2D eigenvalue weighted by Crippen LogP contribution is 2.53. The van der Waals surface area contributed by atoms with Gasteiger partial charge in [-0.25, -0.2) is 4.58 Å². The predicted octanol–water partition coefficient (Wildman–Crippen LogP) is 9.26. The molecule has 0 unspecified atom stereocenters. The van der Waals surface area contributed by atoms with Crippen LogP contribution >= 0.6 is 0 Å². The molecule has 242 valence electrons. The summed E-state index contributed by atoms with van der Waals surface area (Å²) in [5.41, 5.74) is 11.9. The lowest BCUT2D eigenvalue weighted by molar-refractivity contribution is -0.519. The average molecular weight is 612 g/mol. The van der Waals surface area contributed by atoms with E-state index in [2.05, 4.69) is 128 Å². The maximum Gasteiger partial charge on any atom is 0.279 e. The van der Waals surface area contributed by atoms with Gasteiger partial charge in [0.05, 0.1) is 10.5 Å². The first-order chi connectivity index (χ1) is 21.2. The number of nitro benzene ring substituents is 1. The number of rotatable bonds is 10. The van der Waals surface area contributed by atoms with Crippen molar-refractivity contribution >= 4 is 33.9 Å². The molecule has 4 rings (SSSR count). The van der Waals surface area contributed by atoms with Crippen molar-refractivity contribution in [3.05, 3.63) is 86.0 Å². The highest BCUT2D eigenvalue weighted by atomic mass is 16.6. The molecule has 0 spiro atoms. The fraction of sp³-hybridized carbons (Fsp3) is 0.513. The molecule has 0 N–H and O–H groups in total. The van der Waals surface area contributed by atoms with E-state index in [0.29, 0.717) is 5.56 Å². The molecule has 0 saturated carbocycles. The highest BCUT2D eigenvalue weighted by Gasteiger charge is 2.39. The minimum Gasteiger partial charge on any atom is -0.372 e. The van der Waals surface area contributed by atoms with Crippen molar-refractivity contribution in [1.29, 1.82) is 0 Å². The van der Waals surface area contributed by atoms with Crippen molar-refractivity contribution in [1.82, 2.24) is 0 Å². The number of hydrogen-bond donors (Lipinski definition) is 0. The third-order valence-corrected chi connectivity index (χ3v) is 9.50. The molecule has 0 bridgehead atoms. The third kappa shape index (κ3) is 6.25. The van der Waals surface area contributed by atoms with E-state index in [4.69, 9.17) is 0 Å².